The third-order valence-electron chi connectivity index (χ3n) is 8.00. The van der Waals surface area contributed by atoms with E-state index in [1.807, 2.05) is 6.08 Å². The minimum Gasteiger partial charge on any atom is -0.462 e. The Kier molecular flexibility index (Phi) is 9.08. The van der Waals surface area contributed by atoms with E-state index in [0.29, 0.717) is 44.5 Å². The molecular weight excluding hydrogens is 501 g/mol. The molecular formula is C29H37F3O6. The molecule has 2 unspecified atom stereocenters. The molecule has 0 aromatic heterocycles. The van der Waals surface area contributed by atoms with Gasteiger partial charge in [-0.25, -0.2) is 0 Å². The largest absolute Gasteiger partial charge is 0.462 e. The van der Waals surface area contributed by atoms with Crippen molar-refractivity contribution in [3.05, 3.63) is 47.5 Å². The molecule has 0 N–H and O–H groups in total. The van der Waals surface area contributed by atoms with E-state index in [2.05, 4.69) is 6.08 Å². The summed E-state index contributed by atoms with van der Waals surface area (Å²) in [5.41, 5.74) is -0.0378. The van der Waals surface area contributed by atoms with Gasteiger partial charge in [0.25, 0.3) is 0 Å². The molecule has 1 saturated carbocycles. The van der Waals surface area contributed by atoms with Crippen LogP contribution in [-0.4, -0.2) is 50.1 Å². The molecule has 4 fully saturated rings. The Hall–Kier alpha value is -1.94. The normalized spacial score (nSPS) is 32.9. The maximum absolute atomic E-state index is 13.2. The molecule has 3 heterocycles. The van der Waals surface area contributed by atoms with Crippen molar-refractivity contribution in [2.75, 3.05) is 13.2 Å². The van der Waals surface area contributed by atoms with Gasteiger partial charge in [0.15, 0.2) is 12.6 Å². The number of esters is 1. The Morgan fingerprint density at radius 1 is 1.05 bits per heavy atom. The molecule has 4 aliphatic rings. The zero-order valence-corrected chi connectivity index (χ0v) is 21.6. The van der Waals surface area contributed by atoms with Crippen molar-refractivity contribution in [1.82, 2.24) is 0 Å². The Bertz CT molecular complexity index is 954. The summed E-state index contributed by atoms with van der Waals surface area (Å²) in [5, 5.41) is 0. The topological polar surface area (TPSA) is 63.2 Å². The van der Waals surface area contributed by atoms with Gasteiger partial charge in [-0.1, -0.05) is 30.4 Å². The number of aryl methyl sites for hydroxylation is 1. The van der Waals surface area contributed by atoms with Crippen LogP contribution in [0.15, 0.2) is 36.4 Å². The summed E-state index contributed by atoms with van der Waals surface area (Å²) < 4.78 is 69.4. The SMILES string of the molecule is O=C1C[C@@H]2[C@@H](/C=C/[C@H](CCc3cccc(C(F)(F)F)c3)OC3CCCCO3)[C@H](OC3CCCCO3)C[C@@H]2O1. The zero-order chi connectivity index (χ0) is 26.5. The molecule has 0 amide bonds. The quantitative estimate of drug-likeness (QED) is 0.285. The lowest BCUT2D eigenvalue weighted by atomic mass is 9.91. The average molecular weight is 539 g/mol. The van der Waals surface area contributed by atoms with Crippen LogP contribution in [0.1, 0.15) is 68.9 Å². The van der Waals surface area contributed by atoms with Crippen molar-refractivity contribution in [3.8, 4) is 0 Å². The second kappa shape index (κ2) is 12.5. The lowest BCUT2D eigenvalue weighted by Gasteiger charge is -2.29. The third kappa shape index (κ3) is 7.17. The first-order chi connectivity index (χ1) is 18.3. The molecule has 9 heteroatoms. The van der Waals surface area contributed by atoms with Crippen molar-refractivity contribution in [2.45, 2.75) is 101 Å². The highest BCUT2D eigenvalue weighted by Crippen LogP contribution is 2.44. The van der Waals surface area contributed by atoms with Gasteiger partial charge in [0.2, 0.25) is 0 Å². The Morgan fingerprint density at radius 2 is 1.82 bits per heavy atom. The maximum atomic E-state index is 13.2. The van der Waals surface area contributed by atoms with Crippen molar-refractivity contribution in [1.29, 1.82) is 0 Å². The van der Waals surface area contributed by atoms with Crippen LogP contribution in [-0.2, 0) is 41.1 Å². The Morgan fingerprint density at radius 3 is 2.53 bits per heavy atom. The van der Waals surface area contributed by atoms with Gasteiger partial charge in [0.05, 0.1) is 24.2 Å². The number of ether oxygens (including phenoxy) is 5. The van der Waals surface area contributed by atoms with Crippen LogP contribution in [0.5, 0.6) is 0 Å². The van der Waals surface area contributed by atoms with Crippen LogP contribution in [0, 0.1) is 11.8 Å². The number of carbonyl (C=O) groups excluding carboxylic acids is 1. The molecule has 0 spiro atoms. The van der Waals surface area contributed by atoms with Crippen molar-refractivity contribution >= 4 is 5.97 Å². The highest BCUT2D eigenvalue weighted by atomic mass is 19.4. The second-order valence-corrected chi connectivity index (χ2v) is 10.8. The molecule has 3 aliphatic heterocycles. The molecule has 0 radical (unpaired) electrons. The van der Waals surface area contributed by atoms with Crippen LogP contribution in [0.2, 0.25) is 0 Å². The first-order valence-corrected chi connectivity index (χ1v) is 13.9. The molecule has 5 rings (SSSR count). The molecule has 0 bridgehead atoms. The molecule has 1 aromatic carbocycles. The average Bonchev–Trinajstić information content (AvgIpc) is 3.42. The van der Waals surface area contributed by atoms with E-state index in [4.69, 9.17) is 23.7 Å². The first-order valence-electron chi connectivity index (χ1n) is 13.9. The summed E-state index contributed by atoms with van der Waals surface area (Å²) in [6, 6.07) is 5.45. The van der Waals surface area contributed by atoms with E-state index in [1.165, 1.54) is 12.1 Å². The summed E-state index contributed by atoms with van der Waals surface area (Å²) in [6.07, 6.45) is 6.10. The molecule has 7 atom stereocenters. The van der Waals surface area contributed by atoms with E-state index in [0.717, 1.165) is 44.6 Å². The van der Waals surface area contributed by atoms with Gasteiger partial charge >= 0.3 is 12.1 Å². The van der Waals surface area contributed by atoms with E-state index in [1.54, 1.807) is 6.07 Å². The number of halogens is 3. The minimum absolute atomic E-state index is 0.0300. The van der Waals surface area contributed by atoms with Gasteiger partial charge in [0.1, 0.15) is 6.10 Å². The van der Waals surface area contributed by atoms with Gasteiger partial charge in [-0.05, 0) is 63.0 Å². The minimum atomic E-state index is -4.38. The number of hydrogen-bond donors (Lipinski definition) is 0. The third-order valence-corrected chi connectivity index (χ3v) is 8.00. The van der Waals surface area contributed by atoms with Gasteiger partial charge < -0.3 is 23.7 Å². The van der Waals surface area contributed by atoms with Crippen molar-refractivity contribution in [3.63, 3.8) is 0 Å². The predicted octanol–water partition coefficient (Wildman–Crippen LogP) is 5.97. The predicted molar refractivity (Wildman–Crippen MR) is 132 cm³/mol. The highest BCUT2D eigenvalue weighted by Gasteiger charge is 2.50. The van der Waals surface area contributed by atoms with Crippen molar-refractivity contribution in [2.24, 2.45) is 11.8 Å². The van der Waals surface area contributed by atoms with E-state index in [9.17, 15) is 18.0 Å². The Labute approximate surface area is 221 Å². The first kappa shape index (κ1) is 27.6. The monoisotopic (exact) mass is 538 g/mol. The van der Waals surface area contributed by atoms with E-state index >= 15 is 0 Å². The number of hydrogen-bond acceptors (Lipinski definition) is 6. The number of carbonyl (C=O) groups is 1. The summed E-state index contributed by atoms with van der Waals surface area (Å²) in [6.45, 7) is 1.32. The molecule has 1 aromatic rings. The zero-order valence-electron chi connectivity index (χ0n) is 21.6. The van der Waals surface area contributed by atoms with Gasteiger partial charge in [-0.2, -0.15) is 13.2 Å². The lowest BCUT2D eigenvalue weighted by molar-refractivity contribution is -0.194. The molecule has 3 saturated heterocycles. The van der Waals surface area contributed by atoms with Gasteiger partial charge in [-0.3, -0.25) is 4.79 Å². The van der Waals surface area contributed by atoms with Crippen LogP contribution >= 0.6 is 0 Å². The number of fused-ring (bicyclic) bond motifs is 1. The fraction of sp³-hybridized carbons (Fsp3) is 0.690. The van der Waals surface area contributed by atoms with E-state index < -0.39 is 11.7 Å². The maximum Gasteiger partial charge on any atom is 0.416 e. The molecule has 1 aliphatic carbocycles. The standard InChI is InChI=1S/C29H37F3O6/c30-29(31,32)20-7-5-6-19(16-20)10-11-21(36-27-8-1-3-14-34-27)12-13-22-23-17-26(33)37-25(23)18-24(22)38-28-9-2-4-15-35-28/h5-7,12-13,16,21-25,27-28H,1-4,8-11,14-15,17-18H2/b13-12+/t21-,22+,23+,24+,25-,27?,28?/m0/s1. The van der Waals surface area contributed by atoms with Crippen LogP contribution in [0.25, 0.3) is 0 Å². The second-order valence-electron chi connectivity index (χ2n) is 10.8. The summed E-state index contributed by atoms with van der Waals surface area (Å²) in [7, 11) is 0. The van der Waals surface area contributed by atoms with Crippen molar-refractivity contribution < 1.29 is 41.7 Å². The summed E-state index contributed by atoms with van der Waals surface area (Å²) >= 11 is 0. The smallest absolute Gasteiger partial charge is 0.416 e. The fourth-order valence-corrected chi connectivity index (χ4v) is 6.01. The lowest BCUT2D eigenvalue weighted by Crippen LogP contribution is -2.31. The molecule has 38 heavy (non-hydrogen) atoms. The Balaban J connectivity index is 1.29. The number of rotatable bonds is 9. The van der Waals surface area contributed by atoms with Crippen LogP contribution in [0.3, 0.4) is 0 Å². The fourth-order valence-electron chi connectivity index (χ4n) is 6.01. The van der Waals surface area contributed by atoms with Gasteiger partial charge in [0, 0.05) is 31.5 Å². The van der Waals surface area contributed by atoms with Crippen LogP contribution in [0.4, 0.5) is 13.2 Å². The molecule has 210 valence electrons. The van der Waals surface area contributed by atoms with E-state index in [-0.39, 0.29) is 48.7 Å². The number of alkyl halides is 3. The highest BCUT2D eigenvalue weighted by molar-refractivity contribution is 5.72. The summed E-state index contributed by atoms with van der Waals surface area (Å²) in [5.74, 6) is -0.190. The van der Waals surface area contributed by atoms with Gasteiger partial charge in [-0.15, -0.1) is 0 Å². The number of benzene rings is 1. The molecule has 6 nitrogen and oxygen atoms in total. The van der Waals surface area contributed by atoms with Crippen LogP contribution < -0.4 is 0 Å². The summed E-state index contributed by atoms with van der Waals surface area (Å²) in [4.78, 5) is 12.0.